The molecule has 0 spiro atoms. The first kappa shape index (κ1) is 15.1. The third-order valence-corrected chi connectivity index (χ3v) is 3.24. The van der Waals surface area contributed by atoms with Gasteiger partial charge in [-0.1, -0.05) is 12.2 Å². The number of Topliss-reactive ketones (excluding diaryl/α,β-unsaturated/α-hetero) is 1. The van der Waals surface area contributed by atoms with Crippen LogP contribution in [0.15, 0.2) is 23.3 Å². The van der Waals surface area contributed by atoms with E-state index in [1.807, 2.05) is 0 Å². The van der Waals surface area contributed by atoms with Crippen LogP contribution >= 0.6 is 0 Å². The number of likely N-dealkylation sites (N-methyl/N-ethyl adjacent to an activating group) is 1. The molecule has 0 amide bonds. The molecule has 0 aromatic heterocycles. The zero-order valence-corrected chi connectivity index (χ0v) is 11.1. The van der Waals surface area contributed by atoms with Crippen molar-refractivity contribution in [2.75, 3.05) is 20.6 Å². The van der Waals surface area contributed by atoms with E-state index in [1.165, 1.54) is 19.1 Å². The quantitative estimate of drug-likeness (QED) is 0.706. The minimum Gasteiger partial charge on any atom is -0.480 e. The maximum Gasteiger partial charge on any atom is 0.331 e. The van der Waals surface area contributed by atoms with Crippen molar-refractivity contribution in [1.29, 1.82) is 0 Å². The molecule has 19 heavy (non-hydrogen) atoms. The number of hydrogen-bond donors (Lipinski definition) is 2. The van der Waals surface area contributed by atoms with Crippen LogP contribution in [-0.4, -0.2) is 53.5 Å². The van der Waals surface area contributed by atoms with E-state index in [-0.39, 0.29) is 18.5 Å². The molecule has 0 saturated heterocycles. The highest BCUT2D eigenvalue weighted by atomic mass is 16.4. The largest absolute Gasteiger partial charge is 0.480 e. The molecular formula is C13H17NO5. The number of carbonyl (C=O) groups excluding carboxylic acids is 1. The van der Waals surface area contributed by atoms with Crippen LogP contribution in [0.3, 0.4) is 0 Å². The standard InChI is InChI=1S/C13H17NO5/c1-8-4-5-9(11(16)17)6-13(8,12(18)19)10(15)7-14(2)3/h4-5H,6-7H2,1-3H3,(H,16,17)(H,18,19). The molecule has 6 nitrogen and oxygen atoms in total. The Morgan fingerprint density at radius 3 is 2.26 bits per heavy atom. The molecular weight excluding hydrogens is 250 g/mol. The van der Waals surface area contributed by atoms with Gasteiger partial charge in [-0.2, -0.15) is 0 Å². The summed E-state index contributed by atoms with van der Waals surface area (Å²) in [4.78, 5) is 36.4. The molecule has 104 valence electrons. The smallest absolute Gasteiger partial charge is 0.331 e. The molecule has 0 saturated carbocycles. The molecule has 0 heterocycles. The van der Waals surface area contributed by atoms with Crippen molar-refractivity contribution < 1.29 is 24.6 Å². The van der Waals surface area contributed by atoms with E-state index < -0.39 is 23.1 Å². The van der Waals surface area contributed by atoms with Gasteiger partial charge in [0.2, 0.25) is 0 Å². The summed E-state index contributed by atoms with van der Waals surface area (Å²) in [5.41, 5.74) is -1.48. The molecule has 0 radical (unpaired) electrons. The number of nitrogens with zero attached hydrogens (tertiary/aromatic N) is 1. The number of ketones is 1. The predicted octanol–water partition coefficient (Wildman–Crippen LogP) is 0.549. The van der Waals surface area contributed by atoms with E-state index in [0.29, 0.717) is 5.57 Å². The number of carbonyl (C=O) groups is 3. The van der Waals surface area contributed by atoms with Crippen molar-refractivity contribution in [3.05, 3.63) is 23.3 Å². The van der Waals surface area contributed by atoms with Gasteiger partial charge in [-0.15, -0.1) is 0 Å². The van der Waals surface area contributed by atoms with Crippen LogP contribution in [-0.2, 0) is 14.4 Å². The number of aliphatic carboxylic acids is 2. The van der Waals surface area contributed by atoms with Crippen LogP contribution in [0.2, 0.25) is 0 Å². The molecule has 2 N–H and O–H groups in total. The zero-order chi connectivity index (χ0) is 14.8. The summed E-state index contributed by atoms with van der Waals surface area (Å²) in [6, 6.07) is 0. The fraction of sp³-hybridized carbons (Fsp3) is 0.462. The van der Waals surface area contributed by atoms with Gasteiger partial charge in [0.15, 0.2) is 11.2 Å². The summed E-state index contributed by atoms with van der Waals surface area (Å²) in [5, 5.41) is 18.4. The summed E-state index contributed by atoms with van der Waals surface area (Å²) in [6.07, 6.45) is 2.43. The van der Waals surface area contributed by atoms with Gasteiger partial charge in [0, 0.05) is 12.0 Å². The van der Waals surface area contributed by atoms with Crippen molar-refractivity contribution >= 4 is 17.7 Å². The number of allylic oxidation sites excluding steroid dienone is 2. The van der Waals surface area contributed by atoms with Crippen LogP contribution in [0.4, 0.5) is 0 Å². The maximum atomic E-state index is 12.3. The second-order valence-corrected chi connectivity index (χ2v) is 4.89. The van der Waals surface area contributed by atoms with Gasteiger partial charge in [-0.05, 0) is 26.6 Å². The highest BCUT2D eigenvalue weighted by Crippen LogP contribution is 2.39. The van der Waals surface area contributed by atoms with Crippen molar-refractivity contribution in [2.24, 2.45) is 5.41 Å². The topological polar surface area (TPSA) is 94.9 Å². The number of carboxylic acid groups (broad SMARTS) is 2. The molecule has 0 aromatic carbocycles. The Labute approximate surface area is 111 Å². The SMILES string of the molecule is CC1=CC=C(C(=O)O)CC1(C(=O)O)C(=O)CN(C)C. The first-order valence-corrected chi connectivity index (χ1v) is 5.74. The molecule has 1 rings (SSSR count). The molecule has 1 aliphatic carbocycles. The molecule has 1 aliphatic rings. The predicted molar refractivity (Wildman–Crippen MR) is 67.7 cm³/mol. The first-order valence-electron chi connectivity index (χ1n) is 5.74. The van der Waals surface area contributed by atoms with Gasteiger partial charge in [-0.25, -0.2) is 4.79 Å². The van der Waals surface area contributed by atoms with Crippen LogP contribution in [0.25, 0.3) is 0 Å². The van der Waals surface area contributed by atoms with Crippen molar-refractivity contribution in [1.82, 2.24) is 4.90 Å². The van der Waals surface area contributed by atoms with Crippen LogP contribution in [0.1, 0.15) is 13.3 Å². The van der Waals surface area contributed by atoms with Gasteiger partial charge < -0.3 is 15.1 Å². The monoisotopic (exact) mass is 267 g/mol. The Balaban J connectivity index is 3.25. The number of carboxylic acids is 2. The van der Waals surface area contributed by atoms with Gasteiger partial charge in [0.1, 0.15) is 0 Å². The average Bonchev–Trinajstić information content (AvgIpc) is 2.27. The molecule has 0 bridgehead atoms. The normalized spacial score (nSPS) is 22.7. The van der Waals surface area contributed by atoms with Crippen LogP contribution in [0.5, 0.6) is 0 Å². The lowest BCUT2D eigenvalue weighted by molar-refractivity contribution is -0.152. The van der Waals surface area contributed by atoms with E-state index in [1.54, 1.807) is 19.0 Å². The summed E-state index contributed by atoms with van der Waals surface area (Å²) in [7, 11) is 3.31. The van der Waals surface area contributed by atoms with Gasteiger partial charge >= 0.3 is 11.9 Å². The van der Waals surface area contributed by atoms with Gasteiger partial charge in [-0.3, -0.25) is 9.59 Å². The molecule has 1 unspecified atom stereocenters. The lowest BCUT2D eigenvalue weighted by Crippen LogP contribution is -2.46. The molecule has 0 aromatic rings. The van der Waals surface area contributed by atoms with E-state index in [2.05, 4.69) is 0 Å². The molecule has 0 aliphatic heterocycles. The lowest BCUT2D eigenvalue weighted by Gasteiger charge is -2.32. The Morgan fingerprint density at radius 2 is 1.84 bits per heavy atom. The molecule has 1 atom stereocenters. The Kier molecular flexibility index (Phi) is 4.26. The second kappa shape index (κ2) is 5.36. The Hall–Kier alpha value is -1.95. The minimum atomic E-state index is -1.77. The summed E-state index contributed by atoms with van der Waals surface area (Å²) >= 11 is 0. The lowest BCUT2D eigenvalue weighted by atomic mass is 9.69. The highest BCUT2D eigenvalue weighted by molar-refractivity contribution is 6.09. The Bertz CT molecular complexity index is 489. The van der Waals surface area contributed by atoms with E-state index in [0.717, 1.165) is 0 Å². The Morgan fingerprint density at radius 1 is 1.26 bits per heavy atom. The van der Waals surface area contributed by atoms with Gasteiger partial charge in [0.25, 0.3) is 0 Å². The van der Waals surface area contributed by atoms with Crippen molar-refractivity contribution in [2.45, 2.75) is 13.3 Å². The number of hydrogen-bond acceptors (Lipinski definition) is 4. The van der Waals surface area contributed by atoms with Crippen molar-refractivity contribution in [3.63, 3.8) is 0 Å². The molecule has 0 fully saturated rings. The third-order valence-electron chi connectivity index (χ3n) is 3.24. The minimum absolute atomic E-state index is 0.0512. The van der Waals surface area contributed by atoms with Crippen LogP contribution in [0, 0.1) is 5.41 Å². The third kappa shape index (κ3) is 2.73. The summed E-state index contributed by atoms with van der Waals surface area (Å²) in [5.74, 6) is -3.02. The summed E-state index contributed by atoms with van der Waals surface area (Å²) < 4.78 is 0. The van der Waals surface area contributed by atoms with Gasteiger partial charge in [0.05, 0.1) is 6.54 Å². The second-order valence-electron chi connectivity index (χ2n) is 4.89. The first-order chi connectivity index (χ1) is 8.71. The maximum absolute atomic E-state index is 12.3. The van der Waals surface area contributed by atoms with E-state index in [4.69, 9.17) is 5.11 Å². The fourth-order valence-electron chi connectivity index (χ4n) is 2.10. The molecule has 6 heteroatoms. The van der Waals surface area contributed by atoms with E-state index in [9.17, 15) is 19.5 Å². The number of rotatable bonds is 5. The average molecular weight is 267 g/mol. The fourth-order valence-corrected chi connectivity index (χ4v) is 2.10. The van der Waals surface area contributed by atoms with E-state index >= 15 is 0 Å². The summed E-state index contributed by atoms with van der Waals surface area (Å²) in [6.45, 7) is 1.49. The zero-order valence-electron chi connectivity index (χ0n) is 11.1. The highest BCUT2D eigenvalue weighted by Gasteiger charge is 2.49. The van der Waals surface area contributed by atoms with Crippen molar-refractivity contribution in [3.8, 4) is 0 Å². The van der Waals surface area contributed by atoms with Crippen LogP contribution < -0.4 is 0 Å².